The zero-order valence-electron chi connectivity index (χ0n) is 9.80. The molecule has 5 nitrogen and oxygen atoms in total. The number of hydrogen-bond acceptors (Lipinski definition) is 4. The van der Waals surface area contributed by atoms with Gasteiger partial charge in [0.15, 0.2) is 5.69 Å². The molecule has 1 aliphatic rings. The number of hydrogen-bond donors (Lipinski definition) is 1. The summed E-state index contributed by atoms with van der Waals surface area (Å²) in [5, 5.41) is 8.75. The maximum Gasteiger partial charge on any atom is 0.357 e. The van der Waals surface area contributed by atoms with Crippen LogP contribution in [0.3, 0.4) is 0 Å². The van der Waals surface area contributed by atoms with Crippen LogP contribution in [0.25, 0.3) is 0 Å². The molecule has 0 aliphatic heterocycles. The third kappa shape index (κ3) is 2.87. The number of aromatic carboxylic acids is 1. The number of carboxylic acids is 1. The number of allylic oxidation sites excluding steroid dienone is 2. The Hall–Kier alpha value is -1.78. The molecule has 17 heavy (non-hydrogen) atoms. The number of rotatable bonds is 4. The Balaban J connectivity index is 1.96. The van der Waals surface area contributed by atoms with Crippen molar-refractivity contribution in [1.82, 2.24) is 4.98 Å². The normalized spacial score (nSPS) is 19.2. The van der Waals surface area contributed by atoms with E-state index in [9.17, 15) is 4.79 Å². The summed E-state index contributed by atoms with van der Waals surface area (Å²) in [5.74, 6) is -0.473. The highest BCUT2D eigenvalue weighted by molar-refractivity contribution is 5.85. The fourth-order valence-corrected chi connectivity index (χ4v) is 2.03. The van der Waals surface area contributed by atoms with Gasteiger partial charge in [-0.25, -0.2) is 4.79 Å². The molecule has 5 heteroatoms. The molecule has 0 amide bonds. The minimum Gasteiger partial charge on any atom is -0.476 e. The lowest BCUT2D eigenvalue weighted by atomic mass is 9.94. The molecule has 1 aromatic heterocycles. The molecule has 0 spiro atoms. The quantitative estimate of drug-likeness (QED) is 0.811. The molecular weight excluding hydrogens is 220 g/mol. The van der Waals surface area contributed by atoms with Crippen LogP contribution in [-0.2, 0) is 0 Å². The lowest BCUT2D eigenvalue weighted by molar-refractivity contribution is 0.0690. The van der Waals surface area contributed by atoms with Gasteiger partial charge in [0.05, 0.1) is 0 Å². The van der Waals surface area contributed by atoms with Crippen molar-refractivity contribution in [2.75, 3.05) is 18.5 Å². The number of nitrogens with zero attached hydrogens (tertiary/aromatic N) is 2. The van der Waals surface area contributed by atoms with Crippen LogP contribution >= 0.6 is 0 Å². The second kappa shape index (κ2) is 5.03. The summed E-state index contributed by atoms with van der Waals surface area (Å²) in [6.45, 7) is 0.837. The maximum absolute atomic E-state index is 10.7. The van der Waals surface area contributed by atoms with E-state index in [2.05, 4.69) is 17.1 Å². The molecule has 1 N–H and O–H groups in total. The Morgan fingerprint density at radius 2 is 2.47 bits per heavy atom. The Kier molecular flexibility index (Phi) is 3.46. The summed E-state index contributed by atoms with van der Waals surface area (Å²) in [6, 6.07) is 0.372. The van der Waals surface area contributed by atoms with Crippen LogP contribution in [0.15, 0.2) is 22.8 Å². The van der Waals surface area contributed by atoms with Crippen molar-refractivity contribution >= 4 is 12.0 Å². The van der Waals surface area contributed by atoms with Crippen LogP contribution in [0.4, 0.5) is 6.01 Å². The lowest BCUT2D eigenvalue weighted by Gasteiger charge is -2.23. The topological polar surface area (TPSA) is 66.6 Å². The lowest BCUT2D eigenvalue weighted by Crippen LogP contribution is -2.26. The highest BCUT2D eigenvalue weighted by Crippen LogP contribution is 2.21. The van der Waals surface area contributed by atoms with Gasteiger partial charge >= 0.3 is 5.97 Å². The van der Waals surface area contributed by atoms with Crippen LogP contribution in [-0.4, -0.2) is 29.7 Å². The third-order valence-corrected chi connectivity index (χ3v) is 2.95. The Labute approximate surface area is 99.8 Å². The number of anilines is 1. The number of oxazole rings is 1. The highest BCUT2D eigenvalue weighted by atomic mass is 16.4. The first kappa shape index (κ1) is 11.7. The zero-order valence-corrected chi connectivity index (χ0v) is 9.80. The van der Waals surface area contributed by atoms with Crippen LogP contribution in [0.2, 0.25) is 0 Å². The van der Waals surface area contributed by atoms with Crippen LogP contribution in [0.1, 0.15) is 29.8 Å². The summed E-state index contributed by atoms with van der Waals surface area (Å²) in [5.41, 5.74) is -0.0459. The van der Waals surface area contributed by atoms with Gasteiger partial charge in [-0.15, -0.1) is 0 Å². The van der Waals surface area contributed by atoms with E-state index >= 15 is 0 Å². The summed E-state index contributed by atoms with van der Waals surface area (Å²) in [6.07, 6.45) is 8.91. The number of aromatic nitrogens is 1. The minimum absolute atomic E-state index is 0.0459. The van der Waals surface area contributed by atoms with E-state index in [0.29, 0.717) is 11.9 Å². The average molecular weight is 236 g/mol. The van der Waals surface area contributed by atoms with Gasteiger partial charge in [-0.05, 0) is 25.2 Å². The van der Waals surface area contributed by atoms with Gasteiger partial charge in [0, 0.05) is 13.6 Å². The molecule has 2 rings (SSSR count). The predicted molar refractivity (Wildman–Crippen MR) is 63.2 cm³/mol. The van der Waals surface area contributed by atoms with Crippen LogP contribution < -0.4 is 4.90 Å². The van der Waals surface area contributed by atoms with E-state index in [-0.39, 0.29) is 5.69 Å². The molecule has 1 unspecified atom stereocenters. The largest absolute Gasteiger partial charge is 0.476 e. The van der Waals surface area contributed by atoms with Crippen LogP contribution in [0.5, 0.6) is 0 Å². The van der Waals surface area contributed by atoms with Gasteiger partial charge in [-0.1, -0.05) is 12.2 Å². The minimum atomic E-state index is -1.06. The van der Waals surface area contributed by atoms with Gasteiger partial charge in [-0.3, -0.25) is 0 Å². The SMILES string of the molecule is CN(CC1CC=CCC1)c1nc(C(=O)O)co1. The van der Waals surface area contributed by atoms with Gasteiger partial charge < -0.3 is 14.4 Å². The molecule has 0 aromatic carbocycles. The second-order valence-corrected chi connectivity index (χ2v) is 4.35. The number of carboxylic acid groups (broad SMARTS) is 1. The molecule has 1 heterocycles. The molecule has 0 bridgehead atoms. The van der Waals surface area contributed by atoms with Gasteiger partial charge in [0.2, 0.25) is 0 Å². The molecule has 0 fully saturated rings. The van der Waals surface area contributed by atoms with Crippen molar-refractivity contribution in [2.24, 2.45) is 5.92 Å². The molecule has 1 aromatic rings. The van der Waals surface area contributed by atoms with Gasteiger partial charge in [0.1, 0.15) is 6.26 Å². The number of carbonyl (C=O) groups is 1. The molecule has 0 radical (unpaired) electrons. The van der Waals surface area contributed by atoms with E-state index in [1.807, 2.05) is 11.9 Å². The van der Waals surface area contributed by atoms with E-state index in [4.69, 9.17) is 9.52 Å². The van der Waals surface area contributed by atoms with Crippen molar-refractivity contribution < 1.29 is 14.3 Å². The van der Waals surface area contributed by atoms with Crippen LogP contribution in [0, 0.1) is 5.92 Å². The fraction of sp³-hybridized carbons (Fsp3) is 0.500. The smallest absolute Gasteiger partial charge is 0.357 e. The van der Waals surface area contributed by atoms with Crippen molar-refractivity contribution in [1.29, 1.82) is 0 Å². The highest BCUT2D eigenvalue weighted by Gasteiger charge is 2.17. The average Bonchev–Trinajstić information content (AvgIpc) is 2.79. The standard InChI is InChI=1S/C12H16N2O3/c1-14(7-9-5-3-2-4-6-9)12-13-10(8-17-12)11(15)16/h2-3,8-9H,4-7H2,1H3,(H,15,16). The van der Waals surface area contributed by atoms with E-state index in [1.54, 1.807) is 0 Å². The molecule has 0 saturated carbocycles. The summed E-state index contributed by atoms with van der Waals surface area (Å²) < 4.78 is 5.15. The molecule has 92 valence electrons. The maximum atomic E-state index is 10.7. The van der Waals surface area contributed by atoms with Crippen molar-refractivity contribution in [2.45, 2.75) is 19.3 Å². The Morgan fingerprint density at radius 1 is 1.65 bits per heavy atom. The first-order valence-corrected chi connectivity index (χ1v) is 5.72. The Morgan fingerprint density at radius 3 is 3.06 bits per heavy atom. The monoisotopic (exact) mass is 236 g/mol. The van der Waals surface area contributed by atoms with E-state index in [1.165, 1.54) is 6.26 Å². The first-order valence-electron chi connectivity index (χ1n) is 5.72. The molecule has 1 atom stereocenters. The fourth-order valence-electron chi connectivity index (χ4n) is 2.03. The predicted octanol–water partition coefficient (Wildman–Crippen LogP) is 2.17. The van der Waals surface area contributed by atoms with Gasteiger partial charge in [0.25, 0.3) is 6.01 Å². The third-order valence-electron chi connectivity index (χ3n) is 2.95. The van der Waals surface area contributed by atoms with Crippen molar-refractivity contribution in [3.63, 3.8) is 0 Å². The summed E-state index contributed by atoms with van der Waals surface area (Å²) in [4.78, 5) is 16.5. The van der Waals surface area contributed by atoms with E-state index in [0.717, 1.165) is 25.8 Å². The summed E-state index contributed by atoms with van der Waals surface area (Å²) >= 11 is 0. The summed E-state index contributed by atoms with van der Waals surface area (Å²) in [7, 11) is 1.87. The second-order valence-electron chi connectivity index (χ2n) is 4.35. The molecule has 1 aliphatic carbocycles. The molecular formula is C12H16N2O3. The zero-order chi connectivity index (χ0) is 12.3. The molecule has 0 saturated heterocycles. The van der Waals surface area contributed by atoms with Crippen molar-refractivity contribution in [3.8, 4) is 0 Å². The first-order chi connectivity index (χ1) is 8.16. The van der Waals surface area contributed by atoms with Crippen molar-refractivity contribution in [3.05, 3.63) is 24.1 Å². The van der Waals surface area contributed by atoms with Gasteiger partial charge in [-0.2, -0.15) is 4.98 Å². The van der Waals surface area contributed by atoms with E-state index < -0.39 is 5.97 Å². The Bertz CT molecular complexity index is 425.